The number of fused-ring (bicyclic) bond motifs is 1. The summed E-state index contributed by atoms with van der Waals surface area (Å²) in [5, 5.41) is 19.3. The van der Waals surface area contributed by atoms with Crippen LogP contribution < -0.4 is 5.32 Å². The van der Waals surface area contributed by atoms with Gasteiger partial charge in [-0.3, -0.25) is 9.58 Å². The predicted octanol–water partition coefficient (Wildman–Crippen LogP) is 3.01. The lowest BCUT2D eigenvalue weighted by Crippen LogP contribution is -2.46. The van der Waals surface area contributed by atoms with E-state index in [2.05, 4.69) is 26.4 Å². The SMILES string of the molecule is Cc1c(Nc2ncc3cc(Cl)c(C4CCN([C@H]5COC[C@H]5O)CC4)cc3n2)cnn1C. The van der Waals surface area contributed by atoms with Gasteiger partial charge in [0.2, 0.25) is 5.95 Å². The third kappa shape index (κ3) is 4.01. The molecule has 0 saturated carbocycles. The molecule has 0 unspecified atom stereocenters. The van der Waals surface area contributed by atoms with E-state index in [9.17, 15) is 5.11 Å². The number of aryl methyl sites for hydroxylation is 1. The Morgan fingerprint density at radius 1 is 1.19 bits per heavy atom. The van der Waals surface area contributed by atoms with Crippen LogP contribution in [0.3, 0.4) is 0 Å². The molecule has 1 aromatic carbocycles. The molecule has 2 atom stereocenters. The number of hydrogen-bond acceptors (Lipinski definition) is 7. The highest BCUT2D eigenvalue weighted by atomic mass is 35.5. The van der Waals surface area contributed by atoms with E-state index in [1.807, 2.05) is 24.7 Å². The zero-order valence-corrected chi connectivity index (χ0v) is 18.5. The van der Waals surface area contributed by atoms with Crippen LogP contribution in [0, 0.1) is 6.92 Å². The van der Waals surface area contributed by atoms with Crippen molar-refractivity contribution in [2.45, 2.75) is 37.8 Å². The molecular weight excluding hydrogens is 416 g/mol. The van der Waals surface area contributed by atoms with Crippen molar-refractivity contribution in [1.29, 1.82) is 0 Å². The summed E-state index contributed by atoms with van der Waals surface area (Å²) in [5.74, 6) is 0.918. The highest BCUT2D eigenvalue weighted by molar-refractivity contribution is 6.32. The van der Waals surface area contributed by atoms with Gasteiger partial charge in [0, 0.05) is 23.7 Å². The van der Waals surface area contributed by atoms with Crippen molar-refractivity contribution in [2.75, 3.05) is 31.6 Å². The van der Waals surface area contributed by atoms with Gasteiger partial charge in [0.15, 0.2) is 0 Å². The fraction of sp³-hybridized carbons (Fsp3) is 0.500. The molecule has 8 nitrogen and oxygen atoms in total. The number of nitrogens with zero attached hydrogens (tertiary/aromatic N) is 5. The lowest BCUT2D eigenvalue weighted by molar-refractivity contribution is 0.0663. The third-order valence-corrected chi connectivity index (χ3v) is 6.97. The Kier molecular flexibility index (Phi) is 5.56. The van der Waals surface area contributed by atoms with Crippen LogP contribution in [0.2, 0.25) is 5.02 Å². The summed E-state index contributed by atoms with van der Waals surface area (Å²) in [6.07, 6.45) is 5.19. The average Bonchev–Trinajstić information content (AvgIpc) is 3.34. The van der Waals surface area contributed by atoms with Gasteiger partial charge < -0.3 is 15.2 Å². The van der Waals surface area contributed by atoms with Crippen LogP contribution in [0.15, 0.2) is 24.5 Å². The van der Waals surface area contributed by atoms with E-state index >= 15 is 0 Å². The van der Waals surface area contributed by atoms with E-state index in [1.165, 1.54) is 0 Å². The molecule has 9 heteroatoms. The number of aromatic nitrogens is 4. The summed E-state index contributed by atoms with van der Waals surface area (Å²) in [7, 11) is 1.90. The summed E-state index contributed by atoms with van der Waals surface area (Å²) in [5.41, 5.74) is 3.92. The number of halogens is 1. The molecule has 5 rings (SSSR count). The Morgan fingerprint density at radius 3 is 2.68 bits per heavy atom. The number of rotatable bonds is 4. The van der Waals surface area contributed by atoms with E-state index in [-0.39, 0.29) is 12.1 Å². The molecule has 0 amide bonds. The van der Waals surface area contributed by atoms with Gasteiger partial charge in [-0.1, -0.05) is 11.6 Å². The van der Waals surface area contributed by atoms with Gasteiger partial charge in [0.1, 0.15) is 0 Å². The molecule has 2 aromatic heterocycles. The predicted molar refractivity (Wildman–Crippen MR) is 120 cm³/mol. The zero-order chi connectivity index (χ0) is 21.5. The van der Waals surface area contributed by atoms with Crippen molar-refractivity contribution in [3.63, 3.8) is 0 Å². The second-order valence-corrected chi connectivity index (χ2v) is 8.91. The monoisotopic (exact) mass is 442 g/mol. The molecule has 4 heterocycles. The number of piperidine rings is 1. The molecule has 2 fully saturated rings. The van der Waals surface area contributed by atoms with Gasteiger partial charge in [-0.2, -0.15) is 5.10 Å². The lowest BCUT2D eigenvalue weighted by Gasteiger charge is -2.36. The van der Waals surface area contributed by atoms with Crippen LogP contribution in [0.5, 0.6) is 0 Å². The Bertz CT molecular complexity index is 1100. The molecule has 0 aliphatic carbocycles. The van der Waals surface area contributed by atoms with Crippen molar-refractivity contribution >= 4 is 34.1 Å². The number of ether oxygens (including phenoxy) is 1. The minimum atomic E-state index is -0.383. The standard InChI is InChI=1S/C22H27ClN6O2/c1-13-19(10-25-28(13)2)27-22-24-9-15-7-17(23)16(8-18(15)26-22)14-3-5-29(6-4-14)20-11-31-12-21(20)30/h7-10,14,20-21,30H,3-6,11-12H2,1-2H3,(H,24,26,27)/t20-,21+/m0/s1. The highest BCUT2D eigenvalue weighted by Gasteiger charge is 2.34. The minimum Gasteiger partial charge on any atom is -0.389 e. The Morgan fingerprint density at radius 2 is 2.00 bits per heavy atom. The number of nitrogens with one attached hydrogen (secondary N) is 1. The first-order valence-corrected chi connectivity index (χ1v) is 11.1. The quantitative estimate of drug-likeness (QED) is 0.642. The van der Waals surface area contributed by atoms with Crippen molar-refractivity contribution in [3.05, 3.63) is 40.8 Å². The topological polar surface area (TPSA) is 88.3 Å². The number of anilines is 2. The second-order valence-electron chi connectivity index (χ2n) is 8.50. The number of benzene rings is 1. The van der Waals surface area contributed by atoms with Crippen molar-refractivity contribution in [3.8, 4) is 0 Å². The summed E-state index contributed by atoms with van der Waals surface area (Å²) in [6, 6.07) is 4.19. The summed E-state index contributed by atoms with van der Waals surface area (Å²) < 4.78 is 7.24. The lowest BCUT2D eigenvalue weighted by atomic mass is 9.88. The molecule has 0 spiro atoms. The van der Waals surface area contributed by atoms with E-state index in [0.717, 1.165) is 58.8 Å². The first kappa shape index (κ1) is 20.6. The second kappa shape index (κ2) is 8.35. The molecular formula is C22H27ClN6O2. The van der Waals surface area contributed by atoms with Crippen LogP contribution in [-0.2, 0) is 11.8 Å². The average molecular weight is 443 g/mol. The Balaban J connectivity index is 1.35. The van der Waals surface area contributed by atoms with Gasteiger partial charge in [-0.15, -0.1) is 0 Å². The van der Waals surface area contributed by atoms with Gasteiger partial charge >= 0.3 is 0 Å². The third-order valence-electron chi connectivity index (χ3n) is 6.64. The summed E-state index contributed by atoms with van der Waals surface area (Å²) in [6.45, 7) is 4.92. The molecule has 31 heavy (non-hydrogen) atoms. The van der Waals surface area contributed by atoms with E-state index in [1.54, 1.807) is 12.4 Å². The highest BCUT2D eigenvalue weighted by Crippen LogP contribution is 2.36. The van der Waals surface area contributed by atoms with Crippen LogP contribution in [0.25, 0.3) is 10.9 Å². The minimum absolute atomic E-state index is 0.116. The van der Waals surface area contributed by atoms with E-state index < -0.39 is 0 Å². The molecule has 164 valence electrons. The smallest absolute Gasteiger partial charge is 0.227 e. The van der Waals surface area contributed by atoms with Gasteiger partial charge in [0.25, 0.3) is 0 Å². The molecule has 3 aromatic rings. The number of hydrogen-bond donors (Lipinski definition) is 2. The fourth-order valence-corrected chi connectivity index (χ4v) is 4.93. The maximum Gasteiger partial charge on any atom is 0.227 e. The summed E-state index contributed by atoms with van der Waals surface area (Å²) in [4.78, 5) is 11.5. The maximum absolute atomic E-state index is 10.1. The fourth-order valence-electron chi connectivity index (χ4n) is 4.60. The molecule has 2 saturated heterocycles. The van der Waals surface area contributed by atoms with Crippen LogP contribution in [-0.4, -0.2) is 68.2 Å². The van der Waals surface area contributed by atoms with Crippen molar-refractivity contribution in [1.82, 2.24) is 24.6 Å². The van der Waals surface area contributed by atoms with Gasteiger partial charge in [-0.05, 0) is 56.5 Å². The number of aliphatic hydroxyl groups is 1. The molecule has 0 radical (unpaired) electrons. The molecule has 2 aliphatic heterocycles. The molecule has 2 N–H and O–H groups in total. The first-order chi connectivity index (χ1) is 15.0. The number of likely N-dealkylation sites (tertiary alicyclic amines) is 1. The Hall–Kier alpha value is -2.26. The van der Waals surface area contributed by atoms with Crippen LogP contribution in [0.4, 0.5) is 11.6 Å². The zero-order valence-electron chi connectivity index (χ0n) is 17.8. The largest absolute Gasteiger partial charge is 0.389 e. The van der Waals surface area contributed by atoms with Crippen LogP contribution in [0.1, 0.15) is 30.0 Å². The molecule has 2 aliphatic rings. The van der Waals surface area contributed by atoms with Gasteiger partial charge in [0.05, 0.1) is 48.5 Å². The maximum atomic E-state index is 10.1. The Labute approximate surface area is 186 Å². The first-order valence-electron chi connectivity index (χ1n) is 10.7. The van der Waals surface area contributed by atoms with Crippen molar-refractivity contribution in [2.24, 2.45) is 7.05 Å². The van der Waals surface area contributed by atoms with Gasteiger partial charge in [-0.25, -0.2) is 9.97 Å². The normalized spacial score (nSPS) is 23.0. The number of aliphatic hydroxyl groups excluding tert-OH is 1. The van der Waals surface area contributed by atoms with Crippen LogP contribution >= 0.6 is 11.6 Å². The van der Waals surface area contributed by atoms with E-state index in [0.29, 0.717) is 25.1 Å². The molecule has 0 bridgehead atoms. The van der Waals surface area contributed by atoms with Crippen molar-refractivity contribution < 1.29 is 9.84 Å². The summed E-state index contributed by atoms with van der Waals surface area (Å²) >= 11 is 6.66. The van der Waals surface area contributed by atoms with E-state index in [4.69, 9.17) is 21.3 Å².